The molecule has 112 valence electrons. The molecule has 4 aliphatic carbocycles. The van der Waals surface area contributed by atoms with E-state index < -0.39 is 0 Å². The minimum atomic E-state index is 0.283. The normalized spacial score (nSPS) is 36.5. The Bertz CT molecular complexity index is 702. The van der Waals surface area contributed by atoms with Crippen molar-refractivity contribution in [2.24, 2.45) is 22.7 Å². The number of fused-ring (bicyclic) bond motifs is 1. The van der Waals surface area contributed by atoms with Crippen LogP contribution in [0.1, 0.15) is 44.1 Å². The van der Waals surface area contributed by atoms with Crippen LogP contribution in [-0.2, 0) is 0 Å². The van der Waals surface area contributed by atoms with Gasteiger partial charge in [-0.3, -0.25) is 4.99 Å². The molecule has 0 amide bonds. The van der Waals surface area contributed by atoms with Gasteiger partial charge in [0.25, 0.3) is 0 Å². The molecule has 0 aromatic heterocycles. The van der Waals surface area contributed by atoms with E-state index in [1.807, 2.05) is 0 Å². The lowest BCUT2D eigenvalue weighted by atomic mass is 9.53. The first-order valence-electron chi connectivity index (χ1n) is 8.83. The monoisotopic (exact) mass is 289 g/mol. The number of nitrogens with zero attached hydrogens (tertiary/aromatic N) is 1. The quantitative estimate of drug-likeness (QED) is 0.671. The lowest BCUT2D eigenvalue weighted by Gasteiger charge is -2.55. The van der Waals surface area contributed by atoms with Crippen molar-refractivity contribution >= 4 is 17.0 Å². The Morgan fingerprint density at radius 1 is 0.818 bits per heavy atom. The number of hydrogen-bond donors (Lipinski definition) is 0. The third kappa shape index (κ3) is 2.02. The fourth-order valence-electron chi connectivity index (χ4n) is 5.79. The topological polar surface area (TPSA) is 12.4 Å². The molecule has 0 N–H and O–H groups in total. The van der Waals surface area contributed by atoms with E-state index in [-0.39, 0.29) is 5.54 Å². The maximum atomic E-state index is 5.21. The number of benzene rings is 2. The van der Waals surface area contributed by atoms with E-state index >= 15 is 0 Å². The number of hydrogen-bond acceptors (Lipinski definition) is 1. The molecule has 2 aromatic rings. The minimum Gasteiger partial charge on any atom is -0.286 e. The molecule has 1 heteroatoms. The van der Waals surface area contributed by atoms with Crippen LogP contribution >= 0.6 is 0 Å². The molecular formula is C21H23N. The molecule has 4 bridgehead atoms. The SMILES string of the molecule is C(=NC12CC3CC(CC(C3)C1)C2)c1cccc2ccccc12. The molecule has 1 nitrogen and oxygen atoms in total. The summed E-state index contributed by atoms with van der Waals surface area (Å²) >= 11 is 0. The second-order valence-corrected chi connectivity index (χ2v) is 7.97. The highest BCUT2D eigenvalue weighted by atomic mass is 14.9. The molecular weight excluding hydrogens is 266 g/mol. The molecule has 0 atom stereocenters. The minimum absolute atomic E-state index is 0.283. The van der Waals surface area contributed by atoms with Crippen molar-refractivity contribution in [3.05, 3.63) is 48.0 Å². The summed E-state index contributed by atoms with van der Waals surface area (Å²) in [4.78, 5) is 5.21. The summed E-state index contributed by atoms with van der Waals surface area (Å²) < 4.78 is 0. The van der Waals surface area contributed by atoms with E-state index in [9.17, 15) is 0 Å². The lowest BCUT2D eigenvalue weighted by molar-refractivity contribution is 0.00195. The largest absolute Gasteiger partial charge is 0.286 e. The van der Waals surface area contributed by atoms with E-state index in [0.29, 0.717) is 0 Å². The zero-order valence-corrected chi connectivity index (χ0v) is 13.0. The van der Waals surface area contributed by atoms with Gasteiger partial charge < -0.3 is 0 Å². The van der Waals surface area contributed by atoms with Gasteiger partial charge in [0.15, 0.2) is 0 Å². The molecule has 0 spiro atoms. The highest BCUT2D eigenvalue weighted by Gasteiger charge is 2.50. The maximum Gasteiger partial charge on any atom is 0.0616 e. The predicted octanol–water partition coefficient (Wildman–Crippen LogP) is 5.23. The first-order chi connectivity index (χ1) is 10.8. The molecule has 6 rings (SSSR count). The standard InChI is InChI=1S/C21H23N/c1-2-7-20-18(4-1)5-3-6-19(20)14-22-21-11-15-8-16(12-21)10-17(9-15)13-21/h1-7,14-17H,8-13H2. The second kappa shape index (κ2) is 4.68. The molecule has 0 radical (unpaired) electrons. The Hall–Kier alpha value is -1.63. The zero-order valence-electron chi connectivity index (χ0n) is 13.0. The van der Waals surface area contributed by atoms with Crippen molar-refractivity contribution in [2.75, 3.05) is 0 Å². The lowest BCUT2D eigenvalue weighted by Crippen LogP contribution is -2.49. The van der Waals surface area contributed by atoms with Gasteiger partial charge in [0, 0.05) is 11.8 Å². The van der Waals surface area contributed by atoms with Crippen LogP contribution in [0, 0.1) is 17.8 Å². The Balaban J connectivity index is 1.51. The van der Waals surface area contributed by atoms with E-state index in [1.165, 1.54) is 54.9 Å². The van der Waals surface area contributed by atoms with Crippen LogP contribution in [0.2, 0.25) is 0 Å². The van der Waals surface area contributed by atoms with Gasteiger partial charge in [-0.15, -0.1) is 0 Å². The smallest absolute Gasteiger partial charge is 0.0616 e. The summed E-state index contributed by atoms with van der Waals surface area (Å²) in [7, 11) is 0. The van der Waals surface area contributed by atoms with Gasteiger partial charge in [0.2, 0.25) is 0 Å². The van der Waals surface area contributed by atoms with Gasteiger partial charge in [-0.1, -0.05) is 42.5 Å². The molecule has 4 fully saturated rings. The first-order valence-corrected chi connectivity index (χ1v) is 8.83. The van der Waals surface area contributed by atoms with Crippen LogP contribution in [-0.4, -0.2) is 11.8 Å². The summed E-state index contributed by atoms with van der Waals surface area (Å²) in [5, 5.41) is 2.65. The van der Waals surface area contributed by atoms with Crippen LogP contribution in [0.3, 0.4) is 0 Å². The molecule has 4 aliphatic rings. The average Bonchev–Trinajstić information content (AvgIpc) is 2.52. The zero-order chi connectivity index (χ0) is 14.6. The Morgan fingerprint density at radius 3 is 2.18 bits per heavy atom. The van der Waals surface area contributed by atoms with Crippen LogP contribution in [0.5, 0.6) is 0 Å². The van der Waals surface area contributed by atoms with Gasteiger partial charge in [0.05, 0.1) is 5.54 Å². The van der Waals surface area contributed by atoms with Gasteiger partial charge >= 0.3 is 0 Å². The van der Waals surface area contributed by atoms with Crippen molar-refractivity contribution in [3.8, 4) is 0 Å². The molecule has 2 aromatic carbocycles. The van der Waals surface area contributed by atoms with E-state index in [1.54, 1.807) is 0 Å². The van der Waals surface area contributed by atoms with Crippen LogP contribution in [0.15, 0.2) is 47.5 Å². The summed E-state index contributed by atoms with van der Waals surface area (Å²) in [6.07, 6.45) is 10.7. The van der Waals surface area contributed by atoms with Crippen LogP contribution in [0.4, 0.5) is 0 Å². The van der Waals surface area contributed by atoms with E-state index in [2.05, 4.69) is 48.7 Å². The van der Waals surface area contributed by atoms with Crippen LogP contribution in [0.25, 0.3) is 10.8 Å². The van der Waals surface area contributed by atoms with E-state index in [4.69, 9.17) is 4.99 Å². The van der Waals surface area contributed by atoms with Crippen molar-refractivity contribution in [1.82, 2.24) is 0 Å². The second-order valence-electron chi connectivity index (χ2n) is 7.97. The Kier molecular flexibility index (Phi) is 2.74. The Labute approximate surface area is 132 Å². The first kappa shape index (κ1) is 12.9. The van der Waals surface area contributed by atoms with Gasteiger partial charge in [0.1, 0.15) is 0 Å². The van der Waals surface area contributed by atoms with Crippen molar-refractivity contribution in [3.63, 3.8) is 0 Å². The fraction of sp³-hybridized carbons (Fsp3) is 0.476. The molecule has 4 saturated carbocycles. The number of rotatable bonds is 2. The Morgan fingerprint density at radius 2 is 1.45 bits per heavy atom. The van der Waals surface area contributed by atoms with Gasteiger partial charge in [-0.05, 0) is 67.1 Å². The fourth-order valence-corrected chi connectivity index (χ4v) is 5.79. The summed E-state index contributed by atoms with van der Waals surface area (Å²) in [5.41, 5.74) is 1.57. The van der Waals surface area contributed by atoms with Crippen molar-refractivity contribution in [2.45, 2.75) is 44.1 Å². The average molecular weight is 289 g/mol. The molecule has 0 heterocycles. The maximum absolute atomic E-state index is 5.21. The highest BCUT2D eigenvalue weighted by Crippen LogP contribution is 2.57. The van der Waals surface area contributed by atoms with E-state index in [0.717, 1.165) is 17.8 Å². The molecule has 0 aliphatic heterocycles. The van der Waals surface area contributed by atoms with Gasteiger partial charge in [-0.2, -0.15) is 0 Å². The van der Waals surface area contributed by atoms with Crippen LogP contribution < -0.4 is 0 Å². The number of aliphatic imine (C=N–C) groups is 1. The van der Waals surface area contributed by atoms with Crippen molar-refractivity contribution < 1.29 is 0 Å². The predicted molar refractivity (Wildman–Crippen MR) is 92.4 cm³/mol. The third-order valence-electron chi connectivity index (χ3n) is 6.31. The highest BCUT2D eigenvalue weighted by molar-refractivity contribution is 5.99. The summed E-state index contributed by atoms with van der Waals surface area (Å²) in [6.45, 7) is 0. The summed E-state index contributed by atoms with van der Waals surface area (Å²) in [5.74, 6) is 2.91. The molecule has 0 unspecified atom stereocenters. The van der Waals surface area contributed by atoms with Crippen molar-refractivity contribution in [1.29, 1.82) is 0 Å². The van der Waals surface area contributed by atoms with Gasteiger partial charge in [-0.25, -0.2) is 0 Å². The molecule has 22 heavy (non-hydrogen) atoms. The molecule has 0 saturated heterocycles. The summed E-state index contributed by atoms with van der Waals surface area (Å²) in [6, 6.07) is 15.2. The third-order valence-corrected chi connectivity index (χ3v) is 6.31.